The van der Waals surface area contributed by atoms with Crippen LogP contribution in [-0.4, -0.2) is 17.5 Å². The molecular formula is C16H25IN4OS. The highest BCUT2D eigenvalue weighted by Crippen LogP contribution is 2.22. The first-order valence-electron chi connectivity index (χ1n) is 7.49. The first-order chi connectivity index (χ1) is 10.5. The Hall–Kier alpha value is -1.09. The van der Waals surface area contributed by atoms with E-state index in [1.165, 1.54) is 4.88 Å². The Morgan fingerprint density at radius 2 is 2.13 bits per heavy atom. The molecule has 0 bridgehead atoms. The average molecular weight is 448 g/mol. The van der Waals surface area contributed by atoms with Crippen LogP contribution in [0.2, 0.25) is 0 Å². The van der Waals surface area contributed by atoms with Gasteiger partial charge in [0, 0.05) is 16.8 Å². The summed E-state index contributed by atoms with van der Waals surface area (Å²) in [5.74, 6) is 2.29. The van der Waals surface area contributed by atoms with Gasteiger partial charge in [-0.1, -0.05) is 26.8 Å². The van der Waals surface area contributed by atoms with Crippen molar-refractivity contribution in [2.24, 2.45) is 4.99 Å². The second kappa shape index (κ2) is 9.27. The summed E-state index contributed by atoms with van der Waals surface area (Å²) in [6.07, 6.45) is 1.79. The van der Waals surface area contributed by atoms with Crippen molar-refractivity contribution in [3.63, 3.8) is 0 Å². The molecule has 128 valence electrons. The van der Waals surface area contributed by atoms with Gasteiger partial charge in [0.1, 0.15) is 12.3 Å². The van der Waals surface area contributed by atoms with Gasteiger partial charge in [-0.25, -0.2) is 9.98 Å². The van der Waals surface area contributed by atoms with Crippen LogP contribution in [0.1, 0.15) is 44.2 Å². The van der Waals surface area contributed by atoms with Gasteiger partial charge in [-0.15, -0.1) is 35.3 Å². The molecule has 0 amide bonds. The van der Waals surface area contributed by atoms with Gasteiger partial charge in [0.25, 0.3) is 0 Å². The molecule has 23 heavy (non-hydrogen) atoms. The Labute approximate surface area is 159 Å². The second-order valence-corrected chi connectivity index (χ2v) is 7.03. The van der Waals surface area contributed by atoms with Crippen molar-refractivity contribution in [3.05, 3.63) is 40.2 Å². The van der Waals surface area contributed by atoms with Gasteiger partial charge in [0.2, 0.25) is 5.89 Å². The smallest absolute Gasteiger partial charge is 0.216 e. The van der Waals surface area contributed by atoms with Crippen LogP contribution in [0.25, 0.3) is 0 Å². The highest BCUT2D eigenvalue weighted by molar-refractivity contribution is 14.0. The molecule has 0 atom stereocenters. The van der Waals surface area contributed by atoms with Gasteiger partial charge in [-0.3, -0.25) is 0 Å². The SMILES string of the molecule is CCNC(=NCc1ncc(C(C)(C)C)o1)NCc1cccs1.I. The minimum Gasteiger partial charge on any atom is -0.443 e. The summed E-state index contributed by atoms with van der Waals surface area (Å²) in [6.45, 7) is 10.4. The van der Waals surface area contributed by atoms with Crippen molar-refractivity contribution >= 4 is 41.3 Å². The van der Waals surface area contributed by atoms with E-state index in [1.54, 1.807) is 17.5 Å². The van der Waals surface area contributed by atoms with Gasteiger partial charge in [-0.05, 0) is 18.4 Å². The van der Waals surface area contributed by atoms with Crippen LogP contribution in [0.4, 0.5) is 0 Å². The Morgan fingerprint density at radius 1 is 1.35 bits per heavy atom. The molecule has 0 spiro atoms. The van der Waals surface area contributed by atoms with Crippen LogP contribution in [-0.2, 0) is 18.5 Å². The number of hydrogen-bond donors (Lipinski definition) is 2. The maximum absolute atomic E-state index is 5.76. The zero-order valence-electron chi connectivity index (χ0n) is 14.0. The molecule has 0 radical (unpaired) electrons. The molecule has 2 rings (SSSR count). The van der Waals surface area contributed by atoms with Gasteiger partial charge < -0.3 is 15.1 Å². The molecule has 0 fully saturated rings. The largest absolute Gasteiger partial charge is 0.443 e. The number of thiophene rings is 1. The normalized spacial score (nSPS) is 11.9. The highest BCUT2D eigenvalue weighted by atomic mass is 127. The van der Waals surface area contributed by atoms with E-state index in [1.807, 2.05) is 13.0 Å². The predicted molar refractivity (Wildman–Crippen MR) is 107 cm³/mol. The summed E-state index contributed by atoms with van der Waals surface area (Å²) < 4.78 is 5.76. The molecule has 0 saturated carbocycles. The lowest BCUT2D eigenvalue weighted by molar-refractivity contribution is 0.383. The van der Waals surface area contributed by atoms with E-state index in [9.17, 15) is 0 Å². The number of oxazole rings is 1. The van der Waals surface area contributed by atoms with Gasteiger partial charge in [0.15, 0.2) is 5.96 Å². The third-order valence-corrected chi connectivity index (χ3v) is 3.90. The van der Waals surface area contributed by atoms with E-state index in [2.05, 4.69) is 52.8 Å². The van der Waals surface area contributed by atoms with Crippen molar-refractivity contribution in [2.75, 3.05) is 6.54 Å². The lowest BCUT2D eigenvalue weighted by atomic mass is 9.94. The molecule has 7 heteroatoms. The fraction of sp³-hybridized carbons (Fsp3) is 0.500. The Bertz CT molecular complexity index is 602. The lowest BCUT2D eigenvalue weighted by Crippen LogP contribution is -2.36. The van der Waals surface area contributed by atoms with E-state index in [4.69, 9.17) is 4.42 Å². The first-order valence-corrected chi connectivity index (χ1v) is 8.36. The van der Waals surface area contributed by atoms with Gasteiger partial charge >= 0.3 is 0 Å². The minimum atomic E-state index is -0.0309. The number of guanidine groups is 1. The minimum absolute atomic E-state index is 0. The summed E-state index contributed by atoms with van der Waals surface area (Å²) in [7, 11) is 0. The number of aliphatic imine (C=N–C) groups is 1. The van der Waals surface area contributed by atoms with Crippen LogP contribution >= 0.6 is 35.3 Å². The summed E-state index contributed by atoms with van der Waals surface area (Å²) in [4.78, 5) is 10.1. The highest BCUT2D eigenvalue weighted by Gasteiger charge is 2.18. The number of rotatable bonds is 5. The maximum Gasteiger partial charge on any atom is 0.216 e. The van der Waals surface area contributed by atoms with Crippen molar-refractivity contribution in [2.45, 2.75) is 46.2 Å². The van der Waals surface area contributed by atoms with Crippen LogP contribution in [0.3, 0.4) is 0 Å². The maximum atomic E-state index is 5.76. The standard InChI is InChI=1S/C16H24N4OS.HI/c1-5-17-15(19-9-12-7-6-8-22-12)20-11-14-18-10-13(21-14)16(2,3)4;/h6-8,10H,5,9,11H2,1-4H3,(H2,17,19,20);1H. The summed E-state index contributed by atoms with van der Waals surface area (Å²) in [5.41, 5.74) is -0.0309. The van der Waals surface area contributed by atoms with Gasteiger partial charge in [0.05, 0.1) is 12.7 Å². The first kappa shape index (κ1) is 20.0. The van der Waals surface area contributed by atoms with E-state index < -0.39 is 0 Å². The van der Waals surface area contributed by atoms with Crippen LogP contribution in [0.15, 0.2) is 33.1 Å². The molecule has 2 aromatic heterocycles. The second-order valence-electron chi connectivity index (χ2n) is 6.00. The zero-order valence-corrected chi connectivity index (χ0v) is 17.2. The van der Waals surface area contributed by atoms with Crippen molar-refractivity contribution in [3.8, 4) is 0 Å². The lowest BCUT2D eigenvalue weighted by Gasteiger charge is -2.13. The molecule has 5 nitrogen and oxygen atoms in total. The van der Waals surface area contributed by atoms with E-state index >= 15 is 0 Å². The molecule has 0 aliphatic rings. The number of nitrogens with zero attached hydrogens (tertiary/aromatic N) is 2. The predicted octanol–water partition coefficient (Wildman–Crippen LogP) is 3.91. The molecule has 0 aliphatic heterocycles. The Kier molecular flexibility index (Phi) is 8.04. The number of aromatic nitrogens is 1. The van der Waals surface area contributed by atoms with Gasteiger partial charge in [-0.2, -0.15) is 0 Å². The molecular weight excluding hydrogens is 423 g/mol. The van der Waals surface area contributed by atoms with Crippen molar-refractivity contribution in [1.82, 2.24) is 15.6 Å². The fourth-order valence-corrected chi connectivity index (χ4v) is 2.45. The third kappa shape index (κ3) is 6.50. The number of nitrogens with one attached hydrogen (secondary N) is 2. The topological polar surface area (TPSA) is 62.5 Å². The quantitative estimate of drug-likeness (QED) is 0.414. The van der Waals surface area contributed by atoms with Crippen molar-refractivity contribution < 1.29 is 4.42 Å². The number of halogens is 1. The van der Waals surface area contributed by atoms with Crippen LogP contribution < -0.4 is 10.6 Å². The summed E-state index contributed by atoms with van der Waals surface area (Å²) in [6, 6.07) is 4.15. The number of hydrogen-bond acceptors (Lipinski definition) is 4. The third-order valence-electron chi connectivity index (χ3n) is 3.02. The van der Waals surface area contributed by atoms with Crippen molar-refractivity contribution in [1.29, 1.82) is 0 Å². The van der Waals surface area contributed by atoms with Crippen LogP contribution in [0.5, 0.6) is 0 Å². The zero-order chi connectivity index (χ0) is 16.0. The van der Waals surface area contributed by atoms with E-state index in [0.29, 0.717) is 12.4 Å². The molecule has 0 unspecified atom stereocenters. The fourth-order valence-electron chi connectivity index (χ4n) is 1.80. The Morgan fingerprint density at radius 3 is 2.70 bits per heavy atom. The Balaban J connectivity index is 0.00000264. The summed E-state index contributed by atoms with van der Waals surface area (Å²) in [5, 5.41) is 8.61. The van der Waals surface area contributed by atoms with E-state index in [0.717, 1.165) is 24.8 Å². The summed E-state index contributed by atoms with van der Waals surface area (Å²) >= 11 is 1.73. The molecule has 2 heterocycles. The molecule has 0 saturated heterocycles. The monoisotopic (exact) mass is 448 g/mol. The van der Waals surface area contributed by atoms with E-state index in [-0.39, 0.29) is 29.4 Å². The molecule has 0 aromatic carbocycles. The average Bonchev–Trinajstić information content (AvgIpc) is 3.12. The molecule has 2 N–H and O–H groups in total. The molecule has 2 aromatic rings. The molecule has 0 aliphatic carbocycles. The van der Waals surface area contributed by atoms with Crippen LogP contribution in [0, 0.1) is 0 Å².